The Balaban J connectivity index is 1.73. The number of anilines is 3. The normalized spacial score (nSPS) is 15.1. The Morgan fingerprint density at radius 1 is 1.14 bits per heavy atom. The Morgan fingerprint density at radius 3 is 2.71 bits per heavy atom. The van der Waals surface area contributed by atoms with Crippen LogP contribution in [0.4, 0.5) is 26.2 Å². The van der Waals surface area contributed by atoms with Crippen LogP contribution in [0, 0.1) is 11.6 Å². The van der Waals surface area contributed by atoms with Gasteiger partial charge in [0.1, 0.15) is 11.6 Å². The van der Waals surface area contributed by atoms with Gasteiger partial charge in [0.25, 0.3) is 0 Å². The summed E-state index contributed by atoms with van der Waals surface area (Å²) in [6.45, 7) is 0. The van der Waals surface area contributed by atoms with Crippen molar-refractivity contribution in [1.29, 1.82) is 0 Å². The van der Waals surface area contributed by atoms with Crippen molar-refractivity contribution in [3.63, 3.8) is 0 Å². The number of benzene rings is 1. The highest BCUT2D eigenvalue weighted by molar-refractivity contribution is 5.54. The minimum atomic E-state index is -0.701. The lowest BCUT2D eigenvalue weighted by Gasteiger charge is -2.12. The van der Waals surface area contributed by atoms with Gasteiger partial charge in [-0.15, -0.1) is 5.10 Å². The van der Waals surface area contributed by atoms with Gasteiger partial charge >= 0.3 is 0 Å². The summed E-state index contributed by atoms with van der Waals surface area (Å²) in [5, 5.41) is 13.6. The molecule has 5 nitrogen and oxygen atoms in total. The third-order valence-electron chi connectivity index (χ3n) is 3.44. The molecule has 1 aliphatic rings. The van der Waals surface area contributed by atoms with Gasteiger partial charge in [-0.05, 0) is 25.0 Å². The van der Waals surface area contributed by atoms with E-state index in [9.17, 15) is 8.78 Å². The molecule has 0 radical (unpaired) electrons. The third-order valence-corrected chi connectivity index (χ3v) is 3.44. The van der Waals surface area contributed by atoms with Crippen LogP contribution in [0.1, 0.15) is 25.7 Å². The quantitative estimate of drug-likeness (QED) is 0.905. The molecule has 1 aliphatic carbocycles. The van der Waals surface area contributed by atoms with Gasteiger partial charge in [0.15, 0.2) is 5.82 Å². The van der Waals surface area contributed by atoms with Crippen LogP contribution in [0.15, 0.2) is 24.4 Å². The van der Waals surface area contributed by atoms with Crippen LogP contribution in [0.2, 0.25) is 0 Å². The van der Waals surface area contributed by atoms with Crippen LogP contribution in [0.25, 0.3) is 0 Å². The number of hydrogen-bond donors (Lipinski definition) is 2. The molecule has 1 saturated carbocycles. The molecule has 1 heterocycles. The molecule has 2 N–H and O–H groups in total. The van der Waals surface area contributed by atoms with Crippen LogP contribution in [-0.4, -0.2) is 21.2 Å². The van der Waals surface area contributed by atoms with Crippen molar-refractivity contribution in [2.45, 2.75) is 31.7 Å². The van der Waals surface area contributed by atoms with Gasteiger partial charge in [-0.1, -0.05) is 12.8 Å². The van der Waals surface area contributed by atoms with Gasteiger partial charge in [0.2, 0.25) is 5.95 Å². The Kier molecular flexibility index (Phi) is 3.89. The molecule has 0 saturated heterocycles. The first-order valence-corrected chi connectivity index (χ1v) is 6.89. The zero-order valence-corrected chi connectivity index (χ0v) is 11.3. The molecule has 2 aromatic rings. The Hall–Kier alpha value is -2.31. The molecule has 0 spiro atoms. The zero-order valence-electron chi connectivity index (χ0n) is 11.3. The molecule has 0 amide bonds. The summed E-state index contributed by atoms with van der Waals surface area (Å²) in [5.41, 5.74) is 0.108. The highest BCUT2D eigenvalue weighted by atomic mass is 19.1. The molecule has 0 aliphatic heterocycles. The molecule has 7 heteroatoms. The summed E-state index contributed by atoms with van der Waals surface area (Å²) in [5.74, 6) is -0.563. The maximum Gasteiger partial charge on any atom is 0.249 e. The van der Waals surface area contributed by atoms with Gasteiger partial charge in [0, 0.05) is 12.1 Å². The van der Waals surface area contributed by atoms with Crippen molar-refractivity contribution in [2.24, 2.45) is 0 Å². The Labute approximate surface area is 120 Å². The van der Waals surface area contributed by atoms with E-state index >= 15 is 0 Å². The molecule has 0 unspecified atom stereocenters. The zero-order chi connectivity index (χ0) is 14.7. The van der Waals surface area contributed by atoms with Crippen molar-refractivity contribution in [2.75, 3.05) is 10.6 Å². The van der Waals surface area contributed by atoms with E-state index in [4.69, 9.17) is 0 Å². The fraction of sp³-hybridized carbons (Fsp3) is 0.357. The monoisotopic (exact) mass is 291 g/mol. The maximum atomic E-state index is 13.6. The molecule has 1 fully saturated rings. The van der Waals surface area contributed by atoms with Crippen LogP contribution >= 0.6 is 0 Å². The van der Waals surface area contributed by atoms with E-state index in [-0.39, 0.29) is 11.6 Å². The van der Waals surface area contributed by atoms with Gasteiger partial charge < -0.3 is 10.6 Å². The Morgan fingerprint density at radius 2 is 1.95 bits per heavy atom. The van der Waals surface area contributed by atoms with Crippen molar-refractivity contribution >= 4 is 17.5 Å². The van der Waals surface area contributed by atoms with E-state index in [1.807, 2.05) is 0 Å². The van der Waals surface area contributed by atoms with E-state index in [1.54, 1.807) is 0 Å². The third kappa shape index (κ3) is 3.42. The molecule has 0 bridgehead atoms. The summed E-state index contributed by atoms with van der Waals surface area (Å²) >= 11 is 0. The largest absolute Gasteiger partial charge is 0.366 e. The second-order valence-electron chi connectivity index (χ2n) is 5.04. The van der Waals surface area contributed by atoms with E-state index in [0.717, 1.165) is 18.9 Å². The van der Waals surface area contributed by atoms with Crippen molar-refractivity contribution in [3.05, 3.63) is 36.0 Å². The lowest BCUT2D eigenvalue weighted by Crippen LogP contribution is -2.16. The van der Waals surface area contributed by atoms with E-state index in [1.165, 1.54) is 31.2 Å². The summed E-state index contributed by atoms with van der Waals surface area (Å²) in [6, 6.07) is 3.66. The first-order valence-electron chi connectivity index (χ1n) is 6.89. The summed E-state index contributed by atoms with van der Waals surface area (Å²) in [4.78, 5) is 4.24. The van der Waals surface area contributed by atoms with Crippen molar-refractivity contribution in [1.82, 2.24) is 15.2 Å². The topological polar surface area (TPSA) is 62.7 Å². The standard InChI is InChI=1S/C14H15F2N5/c15-9-5-6-12(11(16)7-9)19-14-20-13(8-17-21-14)18-10-3-1-2-4-10/h5-8,10H,1-4H2,(H2,18,19,20,21). The minimum absolute atomic E-state index is 0.108. The lowest BCUT2D eigenvalue weighted by atomic mass is 10.2. The molecule has 110 valence electrons. The number of aromatic nitrogens is 3. The molecule has 21 heavy (non-hydrogen) atoms. The molecular formula is C14H15F2N5. The average molecular weight is 291 g/mol. The molecule has 0 atom stereocenters. The fourth-order valence-corrected chi connectivity index (χ4v) is 2.42. The highest BCUT2D eigenvalue weighted by Gasteiger charge is 2.15. The van der Waals surface area contributed by atoms with Crippen LogP contribution in [0.3, 0.4) is 0 Å². The van der Waals surface area contributed by atoms with Gasteiger partial charge in [-0.2, -0.15) is 10.1 Å². The summed E-state index contributed by atoms with van der Waals surface area (Å²) in [7, 11) is 0. The van der Waals surface area contributed by atoms with E-state index < -0.39 is 11.6 Å². The van der Waals surface area contributed by atoms with Crippen LogP contribution < -0.4 is 10.6 Å². The van der Waals surface area contributed by atoms with E-state index in [0.29, 0.717) is 11.9 Å². The van der Waals surface area contributed by atoms with E-state index in [2.05, 4.69) is 25.8 Å². The smallest absolute Gasteiger partial charge is 0.249 e. The van der Waals surface area contributed by atoms with Crippen molar-refractivity contribution < 1.29 is 8.78 Å². The second kappa shape index (κ2) is 5.99. The summed E-state index contributed by atoms with van der Waals surface area (Å²) < 4.78 is 26.4. The first kappa shape index (κ1) is 13.7. The minimum Gasteiger partial charge on any atom is -0.366 e. The summed E-state index contributed by atoms with van der Waals surface area (Å²) in [6.07, 6.45) is 6.17. The highest BCUT2D eigenvalue weighted by Crippen LogP contribution is 2.22. The predicted molar refractivity (Wildman–Crippen MR) is 75.3 cm³/mol. The number of hydrogen-bond acceptors (Lipinski definition) is 5. The number of rotatable bonds is 4. The maximum absolute atomic E-state index is 13.6. The van der Waals surface area contributed by atoms with Crippen LogP contribution in [0.5, 0.6) is 0 Å². The predicted octanol–water partition coefficient (Wildman–Crippen LogP) is 3.25. The number of halogens is 2. The fourth-order valence-electron chi connectivity index (χ4n) is 2.42. The SMILES string of the molecule is Fc1ccc(Nc2nncc(NC3CCCC3)n2)c(F)c1. The Bertz CT molecular complexity index is 629. The number of nitrogens with zero attached hydrogens (tertiary/aromatic N) is 3. The molecular weight excluding hydrogens is 276 g/mol. The number of nitrogens with one attached hydrogen (secondary N) is 2. The first-order chi connectivity index (χ1) is 10.2. The van der Waals surface area contributed by atoms with Gasteiger partial charge in [-0.3, -0.25) is 0 Å². The van der Waals surface area contributed by atoms with Crippen LogP contribution in [-0.2, 0) is 0 Å². The lowest BCUT2D eigenvalue weighted by molar-refractivity contribution is 0.586. The molecule has 3 rings (SSSR count). The van der Waals surface area contributed by atoms with Gasteiger partial charge in [-0.25, -0.2) is 8.78 Å². The second-order valence-corrected chi connectivity index (χ2v) is 5.04. The van der Waals surface area contributed by atoms with Crippen molar-refractivity contribution in [3.8, 4) is 0 Å². The molecule has 1 aromatic carbocycles. The molecule has 1 aromatic heterocycles. The average Bonchev–Trinajstić information content (AvgIpc) is 2.95. The van der Waals surface area contributed by atoms with Gasteiger partial charge in [0.05, 0.1) is 11.9 Å².